The van der Waals surface area contributed by atoms with E-state index >= 15 is 0 Å². The maximum atomic E-state index is 11.9. The first kappa shape index (κ1) is 16.4. The van der Waals surface area contributed by atoms with Crippen LogP contribution in [0.5, 0.6) is 0 Å². The molecule has 0 spiro atoms. The van der Waals surface area contributed by atoms with E-state index in [1.54, 1.807) is 0 Å². The number of nitrogens with zero attached hydrogens (tertiary/aromatic N) is 1. The predicted molar refractivity (Wildman–Crippen MR) is 71.1 cm³/mol. The lowest BCUT2D eigenvalue weighted by molar-refractivity contribution is -0.149. The topological polar surface area (TPSA) is 41.6 Å². The van der Waals surface area contributed by atoms with Crippen molar-refractivity contribution in [2.75, 3.05) is 26.7 Å². The third kappa shape index (κ3) is 5.04. The van der Waals surface area contributed by atoms with E-state index in [9.17, 15) is 4.79 Å². The van der Waals surface area contributed by atoms with Crippen LogP contribution in [-0.4, -0.2) is 49.2 Å². The van der Waals surface area contributed by atoms with Crippen LogP contribution in [0.15, 0.2) is 0 Å². The standard InChI is InChI=1S/C13H28N2O2/c1-7-9-15(11(3)4)10-13(5,14-8-2)12(16)17-6/h11,14H,7-10H2,1-6H3. The van der Waals surface area contributed by atoms with Gasteiger partial charge in [-0.2, -0.15) is 0 Å². The number of carbonyl (C=O) groups excluding carboxylic acids is 1. The maximum absolute atomic E-state index is 11.9. The van der Waals surface area contributed by atoms with Gasteiger partial charge in [-0.1, -0.05) is 13.8 Å². The Bertz CT molecular complexity index is 231. The van der Waals surface area contributed by atoms with E-state index in [-0.39, 0.29) is 5.97 Å². The molecule has 0 saturated heterocycles. The van der Waals surface area contributed by atoms with Gasteiger partial charge >= 0.3 is 5.97 Å². The molecule has 4 nitrogen and oxygen atoms in total. The Labute approximate surface area is 106 Å². The van der Waals surface area contributed by atoms with Gasteiger partial charge in [-0.15, -0.1) is 0 Å². The van der Waals surface area contributed by atoms with Crippen molar-refractivity contribution in [3.8, 4) is 0 Å². The second-order valence-electron chi connectivity index (χ2n) is 4.92. The molecule has 17 heavy (non-hydrogen) atoms. The molecule has 0 radical (unpaired) electrons. The van der Waals surface area contributed by atoms with Gasteiger partial charge < -0.3 is 10.1 Å². The highest BCUT2D eigenvalue weighted by Gasteiger charge is 2.35. The van der Waals surface area contributed by atoms with Crippen LogP contribution in [0.2, 0.25) is 0 Å². The van der Waals surface area contributed by atoms with Crippen molar-refractivity contribution in [3.63, 3.8) is 0 Å². The van der Waals surface area contributed by atoms with Crippen molar-refractivity contribution < 1.29 is 9.53 Å². The molecule has 0 aliphatic rings. The van der Waals surface area contributed by atoms with Crippen molar-refractivity contribution in [2.24, 2.45) is 0 Å². The Morgan fingerprint density at radius 2 is 2.00 bits per heavy atom. The van der Waals surface area contributed by atoms with Gasteiger partial charge in [0.25, 0.3) is 0 Å². The molecule has 1 unspecified atom stereocenters. The number of methoxy groups -OCH3 is 1. The minimum atomic E-state index is -0.622. The molecule has 0 aliphatic carbocycles. The second kappa shape index (κ2) is 7.67. The largest absolute Gasteiger partial charge is 0.468 e. The fourth-order valence-electron chi connectivity index (χ4n) is 2.02. The van der Waals surface area contributed by atoms with Gasteiger partial charge in [-0.05, 0) is 40.3 Å². The highest BCUT2D eigenvalue weighted by molar-refractivity contribution is 5.80. The predicted octanol–water partition coefficient (Wildman–Crippen LogP) is 1.65. The van der Waals surface area contributed by atoms with Gasteiger partial charge in [0.2, 0.25) is 0 Å². The molecule has 0 aromatic rings. The third-order valence-corrected chi connectivity index (χ3v) is 2.96. The van der Waals surface area contributed by atoms with Crippen LogP contribution in [0.3, 0.4) is 0 Å². The molecule has 0 rings (SSSR count). The van der Waals surface area contributed by atoms with Gasteiger partial charge in [0.15, 0.2) is 0 Å². The van der Waals surface area contributed by atoms with Crippen LogP contribution in [0.1, 0.15) is 41.0 Å². The number of carbonyl (C=O) groups is 1. The molecular weight excluding hydrogens is 216 g/mol. The van der Waals surface area contributed by atoms with Crippen molar-refractivity contribution in [1.82, 2.24) is 10.2 Å². The van der Waals surface area contributed by atoms with Crippen molar-refractivity contribution in [1.29, 1.82) is 0 Å². The fraction of sp³-hybridized carbons (Fsp3) is 0.923. The van der Waals surface area contributed by atoms with E-state index in [4.69, 9.17) is 4.74 Å². The molecule has 0 bridgehead atoms. The van der Waals surface area contributed by atoms with E-state index < -0.39 is 5.54 Å². The number of hydrogen-bond donors (Lipinski definition) is 1. The SMILES string of the molecule is CCCN(CC(C)(NCC)C(=O)OC)C(C)C. The molecule has 4 heteroatoms. The van der Waals surface area contributed by atoms with Gasteiger partial charge in [0, 0.05) is 12.6 Å². The minimum absolute atomic E-state index is 0.193. The third-order valence-electron chi connectivity index (χ3n) is 2.96. The van der Waals surface area contributed by atoms with Crippen LogP contribution in [0.25, 0.3) is 0 Å². The lowest BCUT2D eigenvalue weighted by Gasteiger charge is -2.36. The highest BCUT2D eigenvalue weighted by atomic mass is 16.5. The summed E-state index contributed by atoms with van der Waals surface area (Å²) in [5.41, 5.74) is -0.622. The normalized spacial score (nSPS) is 15.1. The van der Waals surface area contributed by atoms with E-state index in [2.05, 4.69) is 31.0 Å². The first-order valence-corrected chi connectivity index (χ1v) is 6.48. The molecular formula is C13H28N2O2. The molecule has 1 N–H and O–H groups in total. The number of esters is 1. The summed E-state index contributed by atoms with van der Waals surface area (Å²) in [6.07, 6.45) is 1.08. The molecule has 0 amide bonds. The van der Waals surface area contributed by atoms with E-state index in [1.165, 1.54) is 7.11 Å². The summed E-state index contributed by atoms with van der Waals surface area (Å²) in [6.45, 7) is 12.8. The smallest absolute Gasteiger partial charge is 0.327 e. The van der Waals surface area contributed by atoms with Crippen LogP contribution in [-0.2, 0) is 9.53 Å². The molecule has 0 saturated carbocycles. The van der Waals surface area contributed by atoms with Gasteiger partial charge in [0.05, 0.1) is 7.11 Å². The van der Waals surface area contributed by atoms with Gasteiger partial charge in [-0.25, -0.2) is 0 Å². The monoisotopic (exact) mass is 244 g/mol. The summed E-state index contributed by atoms with van der Waals surface area (Å²) in [6, 6.07) is 0.428. The molecule has 102 valence electrons. The average Bonchev–Trinajstić information content (AvgIpc) is 2.27. The van der Waals surface area contributed by atoms with Crippen LogP contribution in [0, 0.1) is 0 Å². The number of hydrogen-bond acceptors (Lipinski definition) is 4. The zero-order chi connectivity index (χ0) is 13.5. The lowest BCUT2D eigenvalue weighted by atomic mass is 10.0. The summed E-state index contributed by atoms with van der Waals surface area (Å²) in [7, 11) is 1.44. The van der Waals surface area contributed by atoms with Crippen LogP contribution < -0.4 is 5.32 Å². The Morgan fingerprint density at radius 3 is 2.35 bits per heavy atom. The number of rotatable bonds is 8. The first-order chi connectivity index (χ1) is 7.91. The summed E-state index contributed by atoms with van der Waals surface area (Å²) in [5.74, 6) is -0.193. The summed E-state index contributed by atoms with van der Waals surface area (Å²) >= 11 is 0. The van der Waals surface area contributed by atoms with E-state index in [0.29, 0.717) is 12.6 Å². The maximum Gasteiger partial charge on any atom is 0.327 e. The minimum Gasteiger partial charge on any atom is -0.468 e. The zero-order valence-corrected chi connectivity index (χ0v) is 12.2. The van der Waals surface area contributed by atoms with Crippen LogP contribution >= 0.6 is 0 Å². The Morgan fingerprint density at radius 1 is 1.41 bits per heavy atom. The number of ether oxygens (including phenoxy) is 1. The quantitative estimate of drug-likeness (QED) is 0.659. The van der Waals surface area contributed by atoms with Gasteiger partial charge in [-0.3, -0.25) is 9.69 Å². The highest BCUT2D eigenvalue weighted by Crippen LogP contribution is 2.12. The number of nitrogens with one attached hydrogen (secondary N) is 1. The molecule has 0 aliphatic heterocycles. The van der Waals surface area contributed by atoms with Crippen LogP contribution in [0.4, 0.5) is 0 Å². The summed E-state index contributed by atoms with van der Waals surface area (Å²) < 4.78 is 4.90. The van der Waals surface area contributed by atoms with Crippen molar-refractivity contribution in [3.05, 3.63) is 0 Å². The molecule has 1 atom stereocenters. The Balaban J connectivity index is 4.75. The van der Waals surface area contributed by atoms with E-state index in [0.717, 1.165) is 19.5 Å². The molecule has 0 aromatic heterocycles. The van der Waals surface area contributed by atoms with E-state index in [1.807, 2.05) is 13.8 Å². The molecule has 0 aromatic carbocycles. The molecule has 0 heterocycles. The van der Waals surface area contributed by atoms with Crippen molar-refractivity contribution >= 4 is 5.97 Å². The Kier molecular flexibility index (Phi) is 7.39. The zero-order valence-electron chi connectivity index (χ0n) is 12.2. The Hall–Kier alpha value is -0.610. The summed E-state index contributed by atoms with van der Waals surface area (Å²) in [4.78, 5) is 14.2. The lowest BCUT2D eigenvalue weighted by Crippen LogP contribution is -2.58. The second-order valence-corrected chi connectivity index (χ2v) is 4.92. The van der Waals surface area contributed by atoms with Crippen molar-refractivity contribution in [2.45, 2.75) is 52.6 Å². The molecule has 0 fully saturated rings. The summed E-state index contributed by atoms with van der Waals surface area (Å²) in [5, 5.41) is 3.24. The number of likely N-dealkylation sites (N-methyl/N-ethyl adjacent to an activating group) is 1. The van der Waals surface area contributed by atoms with Gasteiger partial charge in [0.1, 0.15) is 5.54 Å². The fourth-order valence-corrected chi connectivity index (χ4v) is 2.02. The average molecular weight is 244 g/mol. The first-order valence-electron chi connectivity index (χ1n) is 6.48.